The molecule has 0 aromatic carbocycles. The highest BCUT2D eigenvalue weighted by Gasteiger charge is 2.21. The maximum atomic E-state index is 12.0. The Morgan fingerprint density at radius 3 is 3.00 bits per heavy atom. The highest BCUT2D eigenvalue weighted by atomic mass is 79.9. The van der Waals surface area contributed by atoms with E-state index < -0.39 is 0 Å². The molecule has 80 valence electrons. The van der Waals surface area contributed by atoms with Gasteiger partial charge in [0.2, 0.25) is 0 Å². The lowest BCUT2D eigenvalue weighted by Crippen LogP contribution is -2.36. The fourth-order valence-corrected chi connectivity index (χ4v) is 2.07. The third-order valence-corrected chi connectivity index (χ3v) is 2.89. The zero-order valence-corrected chi connectivity index (χ0v) is 9.92. The van der Waals surface area contributed by atoms with Crippen LogP contribution in [-0.2, 0) is 0 Å². The smallest absolute Gasteiger partial charge is 0.257 e. The average Bonchev–Trinajstić information content (AvgIpc) is 2.64. The second-order valence-electron chi connectivity index (χ2n) is 3.72. The molecule has 1 aromatic rings. The third kappa shape index (κ3) is 2.31. The van der Waals surface area contributed by atoms with Gasteiger partial charge in [0.25, 0.3) is 5.91 Å². The fraction of sp³-hybridized carbons (Fsp3) is 0.364. The van der Waals surface area contributed by atoms with E-state index in [1.807, 2.05) is 4.90 Å². The fourth-order valence-electron chi connectivity index (χ4n) is 1.73. The SMILES string of the molecule is C=C1CCCN(C(=O)c2coc(Br)c2)C1. The largest absolute Gasteiger partial charge is 0.457 e. The molecule has 0 N–H and O–H groups in total. The van der Waals surface area contributed by atoms with E-state index in [9.17, 15) is 4.79 Å². The van der Waals surface area contributed by atoms with Gasteiger partial charge in [0.1, 0.15) is 6.26 Å². The number of rotatable bonds is 1. The molecule has 15 heavy (non-hydrogen) atoms. The summed E-state index contributed by atoms with van der Waals surface area (Å²) in [7, 11) is 0. The molecule has 4 heteroatoms. The number of hydrogen-bond donors (Lipinski definition) is 0. The van der Waals surface area contributed by atoms with E-state index in [-0.39, 0.29) is 5.91 Å². The molecule has 1 fully saturated rings. The number of carbonyl (C=O) groups excluding carboxylic acids is 1. The molecule has 2 rings (SSSR count). The topological polar surface area (TPSA) is 33.5 Å². The van der Waals surface area contributed by atoms with E-state index >= 15 is 0 Å². The number of likely N-dealkylation sites (tertiary alicyclic amines) is 1. The molecule has 0 saturated carbocycles. The van der Waals surface area contributed by atoms with Gasteiger partial charge in [-0.25, -0.2) is 0 Å². The van der Waals surface area contributed by atoms with Crippen molar-refractivity contribution in [2.24, 2.45) is 0 Å². The lowest BCUT2D eigenvalue weighted by molar-refractivity contribution is 0.0751. The Kier molecular flexibility index (Phi) is 2.95. The molecule has 1 aliphatic heterocycles. The lowest BCUT2D eigenvalue weighted by Gasteiger charge is -2.27. The number of furan rings is 1. The molecule has 3 nitrogen and oxygen atoms in total. The number of amides is 1. The number of halogens is 1. The molecule has 0 bridgehead atoms. The number of carbonyl (C=O) groups is 1. The predicted octanol–water partition coefficient (Wildman–Crippen LogP) is 2.83. The number of nitrogens with zero attached hydrogens (tertiary/aromatic N) is 1. The Balaban J connectivity index is 2.10. The molecule has 0 radical (unpaired) electrons. The van der Waals surface area contributed by atoms with Gasteiger partial charge in [-0.05, 0) is 28.8 Å². The molecule has 1 amide bonds. The zero-order valence-electron chi connectivity index (χ0n) is 8.33. The second-order valence-corrected chi connectivity index (χ2v) is 4.50. The van der Waals surface area contributed by atoms with Crippen molar-refractivity contribution in [3.63, 3.8) is 0 Å². The minimum absolute atomic E-state index is 0.0188. The molecule has 1 aromatic heterocycles. The zero-order chi connectivity index (χ0) is 10.8. The van der Waals surface area contributed by atoms with Crippen molar-refractivity contribution >= 4 is 21.8 Å². The summed E-state index contributed by atoms with van der Waals surface area (Å²) < 4.78 is 5.63. The van der Waals surface area contributed by atoms with E-state index in [0.717, 1.165) is 25.0 Å². The van der Waals surface area contributed by atoms with Crippen LogP contribution < -0.4 is 0 Å². The van der Waals surface area contributed by atoms with Crippen molar-refractivity contribution in [3.05, 3.63) is 34.7 Å². The molecular formula is C11H12BrNO2. The molecule has 0 atom stereocenters. The number of hydrogen-bond acceptors (Lipinski definition) is 2. The first-order valence-corrected chi connectivity index (χ1v) is 5.66. The van der Waals surface area contributed by atoms with Gasteiger partial charge in [-0.2, -0.15) is 0 Å². The van der Waals surface area contributed by atoms with Crippen LogP contribution in [0.2, 0.25) is 0 Å². The minimum atomic E-state index is 0.0188. The quantitative estimate of drug-likeness (QED) is 0.735. The van der Waals surface area contributed by atoms with Crippen LogP contribution in [0.25, 0.3) is 0 Å². The van der Waals surface area contributed by atoms with Crippen LogP contribution in [0.3, 0.4) is 0 Å². The molecule has 2 heterocycles. The van der Waals surface area contributed by atoms with E-state index in [4.69, 9.17) is 4.42 Å². The molecule has 1 aliphatic rings. The van der Waals surface area contributed by atoms with Crippen LogP contribution in [0.4, 0.5) is 0 Å². The van der Waals surface area contributed by atoms with Crippen molar-refractivity contribution in [1.29, 1.82) is 0 Å². The molecule has 0 spiro atoms. The van der Waals surface area contributed by atoms with Crippen molar-refractivity contribution in [1.82, 2.24) is 4.90 Å². The van der Waals surface area contributed by atoms with Gasteiger partial charge in [-0.15, -0.1) is 0 Å². The van der Waals surface area contributed by atoms with E-state index in [0.29, 0.717) is 16.8 Å². The summed E-state index contributed by atoms with van der Waals surface area (Å²) in [4.78, 5) is 13.8. The van der Waals surface area contributed by atoms with Crippen LogP contribution in [0.15, 0.2) is 33.6 Å². The van der Waals surface area contributed by atoms with Gasteiger partial charge < -0.3 is 9.32 Å². The summed E-state index contributed by atoms with van der Waals surface area (Å²) in [6.07, 6.45) is 3.51. The van der Waals surface area contributed by atoms with Crippen LogP contribution in [-0.4, -0.2) is 23.9 Å². The van der Waals surface area contributed by atoms with Gasteiger partial charge in [0.05, 0.1) is 5.56 Å². The Morgan fingerprint density at radius 2 is 2.40 bits per heavy atom. The first kappa shape index (κ1) is 10.5. The van der Waals surface area contributed by atoms with E-state index in [1.54, 1.807) is 6.07 Å². The summed E-state index contributed by atoms with van der Waals surface area (Å²) >= 11 is 3.18. The summed E-state index contributed by atoms with van der Waals surface area (Å²) in [6, 6.07) is 1.69. The van der Waals surface area contributed by atoms with E-state index in [2.05, 4.69) is 22.5 Å². The second kappa shape index (κ2) is 4.23. The van der Waals surface area contributed by atoms with E-state index in [1.165, 1.54) is 6.26 Å². The van der Waals surface area contributed by atoms with Crippen LogP contribution in [0.5, 0.6) is 0 Å². The van der Waals surface area contributed by atoms with Crippen LogP contribution in [0.1, 0.15) is 23.2 Å². The van der Waals surface area contributed by atoms with Crippen LogP contribution in [0, 0.1) is 0 Å². The first-order valence-electron chi connectivity index (χ1n) is 4.87. The highest BCUT2D eigenvalue weighted by molar-refractivity contribution is 9.10. The summed E-state index contributed by atoms with van der Waals surface area (Å²) in [5.74, 6) is 0.0188. The van der Waals surface area contributed by atoms with Gasteiger partial charge >= 0.3 is 0 Å². The minimum Gasteiger partial charge on any atom is -0.457 e. The van der Waals surface area contributed by atoms with Gasteiger partial charge in [0.15, 0.2) is 4.67 Å². The summed E-state index contributed by atoms with van der Waals surface area (Å²) in [5, 5.41) is 0. The maximum Gasteiger partial charge on any atom is 0.257 e. The first-order chi connectivity index (χ1) is 7.16. The lowest BCUT2D eigenvalue weighted by atomic mass is 10.1. The Bertz CT molecular complexity index is 397. The summed E-state index contributed by atoms with van der Waals surface area (Å²) in [6.45, 7) is 5.39. The normalized spacial score (nSPS) is 16.9. The molecular weight excluding hydrogens is 258 g/mol. The summed E-state index contributed by atoms with van der Waals surface area (Å²) in [5.41, 5.74) is 1.72. The monoisotopic (exact) mass is 269 g/mol. The van der Waals surface area contributed by atoms with Crippen molar-refractivity contribution in [3.8, 4) is 0 Å². The van der Waals surface area contributed by atoms with Crippen molar-refractivity contribution < 1.29 is 9.21 Å². The highest BCUT2D eigenvalue weighted by Crippen LogP contribution is 2.19. The Hall–Kier alpha value is -1.03. The van der Waals surface area contributed by atoms with Gasteiger partial charge in [-0.1, -0.05) is 12.2 Å². The van der Waals surface area contributed by atoms with Crippen molar-refractivity contribution in [2.75, 3.05) is 13.1 Å². The average molecular weight is 270 g/mol. The van der Waals surface area contributed by atoms with Gasteiger partial charge in [-0.3, -0.25) is 4.79 Å². The molecule has 0 aliphatic carbocycles. The van der Waals surface area contributed by atoms with Crippen LogP contribution >= 0.6 is 15.9 Å². The standard InChI is InChI=1S/C11H12BrNO2/c1-8-3-2-4-13(6-8)11(14)9-5-10(12)15-7-9/h5,7H,1-4,6H2. The Labute approximate surface area is 96.9 Å². The third-order valence-electron chi connectivity index (χ3n) is 2.47. The molecule has 0 unspecified atom stereocenters. The van der Waals surface area contributed by atoms with Crippen molar-refractivity contribution in [2.45, 2.75) is 12.8 Å². The Morgan fingerprint density at radius 1 is 1.60 bits per heavy atom. The predicted molar refractivity (Wildman–Crippen MR) is 60.7 cm³/mol. The van der Waals surface area contributed by atoms with Gasteiger partial charge in [0, 0.05) is 19.2 Å². The molecule has 1 saturated heterocycles. The number of piperidine rings is 1. The maximum absolute atomic E-state index is 12.0.